The van der Waals surface area contributed by atoms with Gasteiger partial charge in [-0.3, -0.25) is 0 Å². The first kappa shape index (κ1) is 13.2. The summed E-state index contributed by atoms with van der Waals surface area (Å²) in [5.41, 5.74) is 5.54. The Labute approximate surface area is 112 Å². The maximum Gasteiger partial charge on any atom is 0.142 e. The lowest BCUT2D eigenvalue weighted by atomic mass is 10.1. The summed E-state index contributed by atoms with van der Waals surface area (Å²) in [6, 6.07) is 14.0. The molecule has 4 heteroatoms. The summed E-state index contributed by atoms with van der Waals surface area (Å²) in [5.74, 6) is 1.02. The normalized spacial score (nSPS) is 13.4. The van der Waals surface area contributed by atoms with E-state index in [1.165, 1.54) is 0 Å². The fraction of sp³-hybridized carbons (Fsp3) is 0.267. The van der Waals surface area contributed by atoms with Crippen LogP contribution in [0.25, 0.3) is 10.8 Å². The number of hydrogen-bond acceptors (Lipinski definition) is 3. The maximum atomic E-state index is 8.62. The topological polar surface area (TPSA) is 67.8 Å². The molecule has 0 saturated carbocycles. The zero-order valence-corrected chi connectivity index (χ0v) is 10.9. The number of hydrogen-bond donors (Lipinski definition) is 2. The van der Waals surface area contributed by atoms with E-state index < -0.39 is 0 Å². The third-order valence-electron chi connectivity index (χ3n) is 3.06. The smallest absolute Gasteiger partial charge is 0.142 e. The van der Waals surface area contributed by atoms with Crippen molar-refractivity contribution in [1.82, 2.24) is 0 Å². The van der Waals surface area contributed by atoms with E-state index in [2.05, 4.69) is 5.16 Å². The van der Waals surface area contributed by atoms with Crippen molar-refractivity contribution in [1.29, 1.82) is 0 Å². The number of rotatable bonds is 5. The van der Waals surface area contributed by atoms with Crippen molar-refractivity contribution in [2.45, 2.75) is 25.9 Å². The van der Waals surface area contributed by atoms with Crippen molar-refractivity contribution in [3.63, 3.8) is 0 Å². The molecule has 1 atom stereocenters. The van der Waals surface area contributed by atoms with Crippen LogP contribution < -0.4 is 10.5 Å². The van der Waals surface area contributed by atoms with Gasteiger partial charge in [-0.25, -0.2) is 0 Å². The van der Waals surface area contributed by atoms with Crippen molar-refractivity contribution >= 4 is 16.6 Å². The van der Waals surface area contributed by atoms with Crippen LogP contribution in [0.5, 0.6) is 5.75 Å². The van der Waals surface area contributed by atoms with E-state index in [0.717, 1.165) is 22.9 Å². The van der Waals surface area contributed by atoms with Crippen molar-refractivity contribution in [2.24, 2.45) is 10.9 Å². The molecule has 0 fully saturated rings. The third kappa shape index (κ3) is 3.16. The monoisotopic (exact) mass is 258 g/mol. The Morgan fingerprint density at radius 2 is 2.00 bits per heavy atom. The third-order valence-corrected chi connectivity index (χ3v) is 3.06. The molecule has 100 valence electrons. The molecule has 3 N–H and O–H groups in total. The molecule has 2 aromatic rings. The van der Waals surface area contributed by atoms with Crippen molar-refractivity contribution in [3.05, 3.63) is 42.5 Å². The molecule has 0 bridgehead atoms. The Hall–Kier alpha value is -2.23. The molecule has 2 rings (SSSR count). The SMILES string of the molecule is CCC(C/C(N)=N/O)Oc1cccc2ccccc12. The van der Waals surface area contributed by atoms with Crippen LogP contribution in [0.1, 0.15) is 19.8 Å². The van der Waals surface area contributed by atoms with E-state index in [1.807, 2.05) is 49.4 Å². The number of nitrogens with zero attached hydrogens (tertiary/aromatic N) is 1. The first-order valence-corrected chi connectivity index (χ1v) is 6.35. The Bertz CT molecular complexity index is 576. The number of benzene rings is 2. The molecule has 0 aliphatic rings. The highest BCUT2D eigenvalue weighted by molar-refractivity contribution is 5.88. The standard InChI is InChI=1S/C15H18N2O2/c1-2-12(10-15(16)17-18)19-14-9-5-7-11-6-3-4-8-13(11)14/h3-9,12,18H,2,10H2,1H3,(H2,16,17). The molecule has 19 heavy (non-hydrogen) atoms. The highest BCUT2D eigenvalue weighted by atomic mass is 16.5. The average molecular weight is 258 g/mol. The molecule has 0 radical (unpaired) electrons. The summed E-state index contributed by atoms with van der Waals surface area (Å²) < 4.78 is 5.98. The summed E-state index contributed by atoms with van der Waals surface area (Å²) in [6.45, 7) is 2.01. The summed E-state index contributed by atoms with van der Waals surface area (Å²) in [4.78, 5) is 0. The van der Waals surface area contributed by atoms with Gasteiger partial charge in [-0.1, -0.05) is 48.5 Å². The largest absolute Gasteiger partial charge is 0.489 e. The zero-order valence-electron chi connectivity index (χ0n) is 10.9. The van der Waals surface area contributed by atoms with Crippen LogP contribution in [0.3, 0.4) is 0 Å². The van der Waals surface area contributed by atoms with Crippen LogP contribution in [0.2, 0.25) is 0 Å². The predicted octanol–water partition coefficient (Wildman–Crippen LogP) is 3.13. The molecule has 0 amide bonds. The number of nitrogens with two attached hydrogens (primary N) is 1. The van der Waals surface area contributed by atoms with E-state index in [4.69, 9.17) is 15.7 Å². The maximum absolute atomic E-state index is 8.62. The van der Waals surface area contributed by atoms with Crippen molar-refractivity contribution in [3.8, 4) is 5.75 Å². The van der Waals surface area contributed by atoms with E-state index in [1.54, 1.807) is 0 Å². The molecule has 0 spiro atoms. The fourth-order valence-electron chi connectivity index (χ4n) is 2.02. The molecule has 0 aliphatic carbocycles. The van der Waals surface area contributed by atoms with Gasteiger partial charge in [0, 0.05) is 11.8 Å². The predicted molar refractivity (Wildman–Crippen MR) is 76.7 cm³/mol. The second-order valence-electron chi connectivity index (χ2n) is 4.42. The first-order valence-electron chi connectivity index (χ1n) is 6.35. The van der Waals surface area contributed by atoms with Gasteiger partial charge in [0.25, 0.3) is 0 Å². The molecule has 0 saturated heterocycles. The Balaban J connectivity index is 2.24. The minimum atomic E-state index is -0.0956. The number of ether oxygens (including phenoxy) is 1. The van der Waals surface area contributed by atoms with E-state index in [-0.39, 0.29) is 11.9 Å². The van der Waals surface area contributed by atoms with Gasteiger partial charge in [0.15, 0.2) is 0 Å². The summed E-state index contributed by atoms with van der Waals surface area (Å²) in [6.07, 6.45) is 1.11. The van der Waals surface area contributed by atoms with Crippen LogP contribution in [0.15, 0.2) is 47.6 Å². The molecular weight excluding hydrogens is 240 g/mol. The molecular formula is C15H18N2O2. The quantitative estimate of drug-likeness (QED) is 0.375. The Kier molecular flexibility index (Phi) is 4.23. The Morgan fingerprint density at radius 1 is 1.26 bits per heavy atom. The molecule has 0 aromatic heterocycles. The van der Waals surface area contributed by atoms with E-state index in [0.29, 0.717) is 6.42 Å². The lowest BCUT2D eigenvalue weighted by molar-refractivity contribution is 0.205. The lowest BCUT2D eigenvalue weighted by Gasteiger charge is -2.18. The second kappa shape index (κ2) is 6.09. The van der Waals surface area contributed by atoms with Gasteiger partial charge in [-0.15, -0.1) is 0 Å². The first-order chi connectivity index (χ1) is 9.24. The van der Waals surface area contributed by atoms with Gasteiger partial charge >= 0.3 is 0 Å². The molecule has 0 aliphatic heterocycles. The summed E-state index contributed by atoms with van der Waals surface area (Å²) in [5, 5.41) is 13.8. The minimum absolute atomic E-state index is 0.0956. The number of oxime groups is 1. The minimum Gasteiger partial charge on any atom is -0.489 e. The summed E-state index contributed by atoms with van der Waals surface area (Å²) in [7, 11) is 0. The van der Waals surface area contributed by atoms with E-state index in [9.17, 15) is 0 Å². The van der Waals surface area contributed by atoms with Crippen LogP contribution in [-0.4, -0.2) is 17.1 Å². The highest BCUT2D eigenvalue weighted by Gasteiger charge is 2.12. The van der Waals surface area contributed by atoms with Crippen LogP contribution in [-0.2, 0) is 0 Å². The van der Waals surface area contributed by atoms with Gasteiger partial charge in [0.2, 0.25) is 0 Å². The summed E-state index contributed by atoms with van der Waals surface area (Å²) >= 11 is 0. The van der Waals surface area contributed by atoms with Crippen LogP contribution in [0, 0.1) is 0 Å². The average Bonchev–Trinajstić information content (AvgIpc) is 2.46. The Morgan fingerprint density at radius 3 is 2.74 bits per heavy atom. The zero-order chi connectivity index (χ0) is 13.7. The second-order valence-corrected chi connectivity index (χ2v) is 4.42. The van der Waals surface area contributed by atoms with Crippen LogP contribution in [0.4, 0.5) is 0 Å². The molecule has 1 unspecified atom stereocenters. The lowest BCUT2D eigenvalue weighted by Crippen LogP contribution is -2.24. The van der Waals surface area contributed by atoms with Gasteiger partial charge in [0.1, 0.15) is 17.7 Å². The fourth-order valence-corrected chi connectivity index (χ4v) is 2.02. The van der Waals surface area contributed by atoms with Gasteiger partial charge in [-0.2, -0.15) is 0 Å². The number of fused-ring (bicyclic) bond motifs is 1. The van der Waals surface area contributed by atoms with Crippen LogP contribution >= 0.6 is 0 Å². The van der Waals surface area contributed by atoms with Gasteiger partial charge in [-0.05, 0) is 17.9 Å². The van der Waals surface area contributed by atoms with Crippen molar-refractivity contribution in [2.75, 3.05) is 0 Å². The molecule has 4 nitrogen and oxygen atoms in total. The highest BCUT2D eigenvalue weighted by Crippen LogP contribution is 2.26. The van der Waals surface area contributed by atoms with Crippen molar-refractivity contribution < 1.29 is 9.94 Å². The van der Waals surface area contributed by atoms with E-state index >= 15 is 0 Å². The number of amidine groups is 1. The molecule has 0 heterocycles. The van der Waals surface area contributed by atoms with Gasteiger partial charge < -0.3 is 15.7 Å². The van der Waals surface area contributed by atoms with Gasteiger partial charge in [0.05, 0.1) is 0 Å². The molecule has 2 aromatic carbocycles.